The lowest BCUT2D eigenvalue weighted by molar-refractivity contribution is 0.260. The molecule has 1 aromatic carbocycles. The van der Waals surface area contributed by atoms with E-state index in [-0.39, 0.29) is 5.92 Å². The molecule has 1 saturated heterocycles. The van der Waals surface area contributed by atoms with Gasteiger partial charge >= 0.3 is 0 Å². The third-order valence-electron chi connectivity index (χ3n) is 4.35. The molecule has 118 valence electrons. The van der Waals surface area contributed by atoms with Crippen LogP contribution in [-0.2, 0) is 22.9 Å². The predicted molar refractivity (Wildman–Crippen MR) is 85.3 cm³/mol. The highest BCUT2D eigenvalue weighted by Gasteiger charge is 2.39. The van der Waals surface area contributed by atoms with Gasteiger partial charge in [-0.05, 0) is 30.0 Å². The van der Waals surface area contributed by atoms with Gasteiger partial charge in [0.2, 0.25) is 10.0 Å². The van der Waals surface area contributed by atoms with Gasteiger partial charge < -0.3 is 0 Å². The summed E-state index contributed by atoms with van der Waals surface area (Å²) in [5.41, 5.74) is 2.82. The highest BCUT2D eigenvalue weighted by molar-refractivity contribution is 7.89. The van der Waals surface area contributed by atoms with Crippen LogP contribution in [0.3, 0.4) is 0 Å². The first kappa shape index (κ1) is 15.2. The number of aromatic amines is 1. The van der Waals surface area contributed by atoms with Gasteiger partial charge in [0.15, 0.2) is 0 Å². The second kappa shape index (κ2) is 5.85. The number of sulfonamides is 1. The van der Waals surface area contributed by atoms with E-state index in [1.165, 1.54) is 0 Å². The quantitative estimate of drug-likeness (QED) is 0.920. The van der Waals surface area contributed by atoms with Crippen molar-refractivity contribution in [2.75, 3.05) is 13.1 Å². The lowest BCUT2D eigenvalue weighted by Crippen LogP contribution is -2.48. The number of nitrogens with zero attached hydrogens (tertiary/aromatic N) is 2. The van der Waals surface area contributed by atoms with Crippen LogP contribution < -0.4 is 0 Å². The first-order chi connectivity index (χ1) is 10.6. The predicted octanol–water partition coefficient (Wildman–Crippen LogP) is 2.32. The van der Waals surface area contributed by atoms with E-state index in [9.17, 15) is 8.42 Å². The maximum absolute atomic E-state index is 13.0. The highest BCUT2D eigenvalue weighted by Crippen LogP contribution is 2.33. The minimum atomic E-state index is -3.41. The lowest BCUT2D eigenvalue weighted by atomic mass is 10.00. The number of hydrogen-bond donors (Lipinski definition) is 1. The second-order valence-corrected chi connectivity index (χ2v) is 7.52. The van der Waals surface area contributed by atoms with Gasteiger partial charge in [-0.2, -0.15) is 9.40 Å². The molecule has 1 aromatic heterocycles. The minimum absolute atomic E-state index is 0.219. The summed E-state index contributed by atoms with van der Waals surface area (Å²) < 4.78 is 27.6. The average Bonchev–Trinajstić information content (AvgIpc) is 2.98. The van der Waals surface area contributed by atoms with Gasteiger partial charge in [0.25, 0.3) is 0 Å². The summed E-state index contributed by atoms with van der Waals surface area (Å²) in [5.74, 6) is 0.219. The van der Waals surface area contributed by atoms with Gasteiger partial charge in [-0.15, -0.1) is 0 Å². The van der Waals surface area contributed by atoms with Gasteiger partial charge in [-0.3, -0.25) is 5.10 Å². The van der Waals surface area contributed by atoms with Crippen LogP contribution in [-0.4, -0.2) is 36.0 Å². The Balaban J connectivity index is 1.89. The van der Waals surface area contributed by atoms with Crippen LogP contribution >= 0.6 is 0 Å². The Morgan fingerprint density at radius 3 is 2.32 bits per heavy atom. The van der Waals surface area contributed by atoms with Crippen molar-refractivity contribution in [2.24, 2.45) is 0 Å². The van der Waals surface area contributed by atoms with E-state index in [1.807, 2.05) is 38.1 Å². The Kier molecular flexibility index (Phi) is 4.06. The van der Waals surface area contributed by atoms with E-state index in [0.29, 0.717) is 18.0 Å². The van der Waals surface area contributed by atoms with Gasteiger partial charge in [0, 0.05) is 30.9 Å². The van der Waals surface area contributed by atoms with Crippen molar-refractivity contribution in [1.29, 1.82) is 0 Å². The van der Waals surface area contributed by atoms with Crippen LogP contribution in [0.1, 0.15) is 36.6 Å². The normalized spacial score (nSPS) is 16.6. The van der Waals surface area contributed by atoms with Crippen LogP contribution in [0.2, 0.25) is 0 Å². The van der Waals surface area contributed by atoms with Gasteiger partial charge in [-0.1, -0.05) is 32.0 Å². The second-order valence-electron chi connectivity index (χ2n) is 5.64. The van der Waals surface area contributed by atoms with Gasteiger partial charge in [0.05, 0.1) is 4.90 Å². The molecule has 6 heteroatoms. The lowest BCUT2D eigenvalue weighted by Gasteiger charge is -2.38. The van der Waals surface area contributed by atoms with E-state index < -0.39 is 10.0 Å². The monoisotopic (exact) mass is 319 g/mol. The number of rotatable bonds is 5. The third kappa shape index (κ3) is 2.46. The molecule has 1 aliphatic heterocycles. The molecule has 0 atom stereocenters. The average molecular weight is 319 g/mol. The summed E-state index contributed by atoms with van der Waals surface area (Å²) >= 11 is 0. The van der Waals surface area contributed by atoms with Crippen molar-refractivity contribution in [3.8, 4) is 0 Å². The standard InChI is InChI=1S/C16H21N3O2S/c1-3-12-6-5-7-13(4-2)16(12)22(20,21)19-10-14(11-19)15-8-9-17-18-15/h5-9,14H,3-4,10-11H2,1-2H3,(H,17,18). The van der Waals surface area contributed by atoms with Gasteiger partial charge in [0.1, 0.15) is 0 Å². The molecule has 0 saturated carbocycles. The molecule has 22 heavy (non-hydrogen) atoms. The van der Waals surface area contributed by atoms with E-state index in [1.54, 1.807) is 10.5 Å². The third-order valence-corrected chi connectivity index (χ3v) is 6.37. The topological polar surface area (TPSA) is 66.1 Å². The van der Waals surface area contributed by atoms with Gasteiger partial charge in [-0.25, -0.2) is 8.42 Å². The molecular formula is C16H21N3O2S. The molecule has 2 heterocycles. The van der Waals surface area contributed by atoms with E-state index >= 15 is 0 Å². The first-order valence-electron chi connectivity index (χ1n) is 7.68. The SMILES string of the molecule is CCc1cccc(CC)c1S(=O)(=O)N1CC(c2ccn[nH]2)C1. The van der Waals surface area contributed by atoms with Crippen LogP contribution in [0.4, 0.5) is 0 Å². The smallest absolute Gasteiger partial charge is 0.243 e. The minimum Gasteiger partial charge on any atom is -0.282 e. The van der Waals surface area contributed by atoms with Crippen LogP contribution in [0.25, 0.3) is 0 Å². The molecule has 0 aliphatic carbocycles. The van der Waals surface area contributed by atoms with E-state index in [2.05, 4.69) is 10.2 Å². The summed E-state index contributed by atoms with van der Waals surface area (Å²) in [5, 5.41) is 6.86. The fraction of sp³-hybridized carbons (Fsp3) is 0.438. The van der Waals surface area contributed by atoms with Crippen molar-refractivity contribution in [2.45, 2.75) is 37.5 Å². The molecule has 1 fully saturated rings. The number of hydrogen-bond acceptors (Lipinski definition) is 3. The highest BCUT2D eigenvalue weighted by atomic mass is 32.2. The Morgan fingerprint density at radius 2 is 1.82 bits per heavy atom. The summed E-state index contributed by atoms with van der Waals surface area (Å²) in [6.45, 7) is 5.03. The van der Waals surface area contributed by atoms with Crippen LogP contribution in [0.15, 0.2) is 35.4 Å². The number of aryl methyl sites for hydroxylation is 2. The van der Waals surface area contributed by atoms with E-state index in [4.69, 9.17) is 0 Å². The van der Waals surface area contributed by atoms with E-state index in [0.717, 1.165) is 29.7 Å². The molecule has 5 nitrogen and oxygen atoms in total. The number of benzene rings is 1. The maximum Gasteiger partial charge on any atom is 0.243 e. The molecule has 0 bridgehead atoms. The molecule has 0 radical (unpaired) electrons. The zero-order chi connectivity index (χ0) is 15.7. The molecule has 2 aromatic rings. The number of aromatic nitrogens is 2. The Bertz CT molecular complexity index is 725. The summed E-state index contributed by atoms with van der Waals surface area (Å²) in [4.78, 5) is 0.517. The van der Waals surface area contributed by atoms with Crippen molar-refractivity contribution >= 4 is 10.0 Å². The zero-order valence-corrected chi connectivity index (χ0v) is 13.7. The Morgan fingerprint density at radius 1 is 1.18 bits per heavy atom. The molecule has 0 unspecified atom stereocenters. The molecular weight excluding hydrogens is 298 g/mol. The number of nitrogens with one attached hydrogen (secondary N) is 1. The largest absolute Gasteiger partial charge is 0.282 e. The Hall–Kier alpha value is -1.66. The first-order valence-corrected chi connectivity index (χ1v) is 9.12. The fourth-order valence-corrected chi connectivity index (χ4v) is 5.08. The fourth-order valence-electron chi connectivity index (χ4n) is 2.98. The summed E-state index contributed by atoms with van der Waals surface area (Å²) in [7, 11) is -3.41. The molecule has 0 amide bonds. The molecule has 0 spiro atoms. The maximum atomic E-state index is 13.0. The van der Waals surface area contributed by atoms with Crippen molar-refractivity contribution in [1.82, 2.24) is 14.5 Å². The summed E-state index contributed by atoms with van der Waals surface area (Å²) in [6, 6.07) is 7.68. The zero-order valence-electron chi connectivity index (χ0n) is 12.9. The van der Waals surface area contributed by atoms with Crippen LogP contribution in [0.5, 0.6) is 0 Å². The molecule has 1 aliphatic rings. The Labute approximate surface area is 131 Å². The van der Waals surface area contributed by atoms with Crippen LogP contribution in [0, 0.1) is 0 Å². The van der Waals surface area contributed by atoms with Crippen molar-refractivity contribution in [3.05, 3.63) is 47.3 Å². The molecule has 1 N–H and O–H groups in total. The summed E-state index contributed by atoms with van der Waals surface area (Å²) in [6.07, 6.45) is 3.15. The van der Waals surface area contributed by atoms with Crippen molar-refractivity contribution < 1.29 is 8.42 Å². The number of H-pyrrole nitrogens is 1. The molecule has 3 rings (SSSR count). The van der Waals surface area contributed by atoms with Crippen molar-refractivity contribution in [3.63, 3.8) is 0 Å².